The summed E-state index contributed by atoms with van der Waals surface area (Å²) in [5, 5.41) is 11.7. The SMILES string of the molecule is CCC(C)[C@H](NC(=O)c1ccc(C)cc1)C(=O)O. The fraction of sp³-hybridized carbons (Fsp3) is 0.429. The second kappa shape index (κ2) is 6.19. The minimum absolute atomic E-state index is 0.100. The number of nitrogens with one attached hydrogen (secondary N) is 1. The van der Waals surface area contributed by atoms with E-state index in [0.717, 1.165) is 5.56 Å². The van der Waals surface area contributed by atoms with Crippen LogP contribution in [-0.2, 0) is 4.79 Å². The number of carbonyl (C=O) groups is 2. The Bertz CT molecular complexity index is 425. The summed E-state index contributed by atoms with van der Waals surface area (Å²) in [6.45, 7) is 5.65. The average Bonchev–Trinajstić information content (AvgIpc) is 2.35. The Kier molecular flexibility index (Phi) is 4.89. The van der Waals surface area contributed by atoms with Crippen LogP contribution in [0.2, 0.25) is 0 Å². The molecule has 1 amide bonds. The minimum Gasteiger partial charge on any atom is -0.480 e. The van der Waals surface area contributed by atoms with Gasteiger partial charge in [-0.3, -0.25) is 4.79 Å². The van der Waals surface area contributed by atoms with Crippen LogP contribution >= 0.6 is 0 Å². The average molecular weight is 249 g/mol. The maximum Gasteiger partial charge on any atom is 0.326 e. The van der Waals surface area contributed by atoms with Gasteiger partial charge in [0.15, 0.2) is 0 Å². The fourth-order valence-corrected chi connectivity index (χ4v) is 1.61. The number of aliphatic carboxylic acids is 1. The van der Waals surface area contributed by atoms with Crippen LogP contribution in [0.4, 0.5) is 0 Å². The first-order valence-corrected chi connectivity index (χ1v) is 6.06. The van der Waals surface area contributed by atoms with Crippen molar-refractivity contribution in [3.63, 3.8) is 0 Å². The maximum atomic E-state index is 11.9. The first-order chi connectivity index (χ1) is 8.45. The molecule has 1 aromatic carbocycles. The van der Waals surface area contributed by atoms with Crippen LogP contribution in [0, 0.1) is 12.8 Å². The lowest BCUT2D eigenvalue weighted by Crippen LogP contribution is -2.45. The number of aryl methyl sites for hydroxylation is 1. The highest BCUT2D eigenvalue weighted by molar-refractivity contribution is 5.96. The molecule has 1 rings (SSSR count). The van der Waals surface area contributed by atoms with Crippen LogP contribution in [-0.4, -0.2) is 23.0 Å². The van der Waals surface area contributed by atoms with E-state index in [1.54, 1.807) is 12.1 Å². The number of hydrogen-bond acceptors (Lipinski definition) is 2. The molecule has 2 N–H and O–H groups in total. The smallest absolute Gasteiger partial charge is 0.326 e. The van der Waals surface area contributed by atoms with Crippen molar-refractivity contribution in [1.29, 1.82) is 0 Å². The highest BCUT2D eigenvalue weighted by atomic mass is 16.4. The quantitative estimate of drug-likeness (QED) is 0.841. The molecule has 0 bridgehead atoms. The normalized spacial score (nSPS) is 13.7. The Labute approximate surface area is 107 Å². The highest BCUT2D eigenvalue weighted by Crippen LogP contribution is 2.10. The predicted molar refractivity (Wildman–Crippen MR) is 69.5 cm³/mol. The molecular weight excluding hydrogens is 230 g/mol. The molecule has 2 atom stereocenters. The predicted octanol–water partition coefficient (Wildman–Crippen LogP) is 2.22. The number of carboxylic acid groups (broad SMARTS) is 1. The summed E-state index contributed by atoms with van der Waals surface area (Å²) in [4.78, 5) is 23.0. The van der Waals surface area contributed by atoms with Gasteiger partial charge in [0.25, 0.3) is 5.91 Å². The Morgan fingerprint density at radius 1 is 1.28 bits per heavy atom. The topological polar surface area (TPSA) is 66.4 Å². The van der Waals surface area contributed by atoms with Crippen molar-refractivity contribution in [2.45, 2.75) is 33.2 Å². The van der Waals surface area contributed by atoms with Gasteiger partial charge in [0.1, 0.15) is 6.04 Å². The Morgan fingerprint density at radius 3 is 2.28 bits per heavy atom. The van der Waals surface area contributed by atoms with Gasteiger partial charge < -0.3 is 10.4 Å². The monoisotopic (exact) mass is 249 g/mol. The van der Waals surface area contributed by atoms with Gasteiger partial charge in [-0.2, -0.15) is 0 Å². The summed E-state index contributed by atoms with van der Waals surface area (Å²) in [6, 6.07) is 6.20. The van der Waals surface area contributed by atoms with Gasteiger partial charge in [-0.15, -0.1) is 0 Å². The Hall–Kier alpha value is -1.84. The molecule has 0 aromatic heterocycles. The van der Waals surface area contributed by atoms with Crippen LogP contribution in [0.1, 0.15) is 36.2 Å². The first-order valence-electron chi connectivity index (χ1n) is 6.06. The number of carboxylic acids is 1. The van der Waals surface area contributed by atoms with E-state index in [-0.39, 0.29) is 11.8 Å². The molecule has 0 aliphatic rings. The van der Waals surface area contributed by atoms with Gasteiger partial charge in [-0.05, 0) is 25.0 Å². The maximum absolute atomic E-state index is 11.9. The number of benzene rings is 1. The molecular formula is C14H19NO3. The standard InChI is InChI=1S/C14H19NO3/c1-4-10(3)12(14(17)18)15-13(16)11-7-5-9(2)6-8-11/h5-8,10,12H,4H2,1-3H3,(H,15,16)(H,17,18)/t10?,12-/m0/s1. The zero-order valence-electron chi connectivity index (χ0n) is 10.9. The molecule has 0 saturated carbocycles. The van der Waals surface area contributed by atoms with Gasteiger partial charge in [-0.25, -0.2) is 4.79 Å². The van der Waals surface area contributed by atoms with Gasteiger partial charge in [0, 0.05) is 5.56 Å². The van der Waals surface area contributed by atoms with Crippen molar-refractivity contribution < 1.29 is 14.7 Å². The van der Waals surface area contributed by atoms with Gasteiger partial charge in [0.05, 0.1) is 0 Å². The molecule has 0 fully saturated rings. The molecule has 4 heteroatoms. The first kappa shape index (κ1) is 14.2. The van der Waals surface area contributed by atoms with E-state index in [9.17, 15) is 9.59 Å². The zero-order chi connectivity index (χ0) is 13.7. The van der Waals surface area contributed by atoms with Crippen molar-refractivity contribution in [2.24, 2.45) is 5.92 Å². The van der Waals surface area contributed by atoms with Crippen LogP contribution in [0.25, 0.3) is 0 Å². The molecule has 1 aromatic rings. The van der Waals surface area contributed by atoms with Crippen molar-refractivity contribution in [3.05, 3.63) is 35.4 Å². The molecule has 0 heterocycles. The third kappa shape index (κ3) is 3.58. The fourth-order valence-electron chi connectivity index (χ4n) is 1.61. The van der Waals surface area contributed by atoms with E-state index in [1.807, 2.05) is 32.9 Å². The van der Waals surface area contributed by atoms with E-state index in [0.29, 0.717) is 12.0 Å². The largest absolute Gasteiger partial charge is 0.480 e. The lowest BCUT2D eigenvalue weighted by atomic mass is 9.99. The summed E-state index contributed by atoms with van der Waals surface area (Å²) in [5.41, 5.74) is 1.54. The number of hydrogen-bond donors (Lipinski definition) is 2. The molecule has 0 aliphatic heterocycles. The van der Waals surface area contributed by atoms with Crippen molar-refractivity contribution in [1.82, 2.24) is 5.32 Å². The molecule has 4 nitrogen and oxygen atoms in total. The van der Waals surface area contributed by atoms with Crippen LogP contribution < -0.4 is 5.32 Å². The lowest BCUT2D eigenvalue weighted by Gasteiger charge is -2.20. The van der Waals surface area contributed by atoms with Crippen molar-refractivity contribution in [2.75, 3.05) is 0 Å². The van der Waals surface area contributed by atoms with Crippen molar-refractivity contribution in [3.8, 4) is 0 Å². The van der Waals surface area contributed by atoms with Gasteiger partial charge >= 0.3 is 5.97 Å². The molecule has 18 heavy (non-hydrogen) atoms. The highest BCUT2D eigenvalue weighted by Gasteiger charge is 2.25. The van der Waals surface area contributed by atoms with E-state index in [1.165, 1.54) is 0 Å². The minimum atomic E-state index is -0.996. The van der Waals surface area contributed by atoms with Crippen molar-refractivity contribution >= 4 is 11.9 Å². The second-order valence-electron chi connectivity index (χ2n) is 4.54. The third-order valence-corrected chi connectivity index (χ3v) is 3.08. The van der Waals surface area contributed by atoms with E-state index in [4.69, 9.17) is 5.11 Å². The summed E-state index contributed by atoms with van der Waals surface area (Å²) in [5.74, 6) is -1.44. The molecule has 0 spiro atoms. The Morgan fingerprint density at radius 2 is 1.83 bits per heavy atom. The van der Waals surface area contributed by atoms with Gasteiger partial charge in [0.2, 0.25) is 0 Å². The van der Waals surface area contributed by atoms with E-state index in [2.05, 4.69) is 5.32 Å². The lowest BCUT2D eigenvalue weighted by molar-refractivity contribution is -0.140. The van der Waals surface area contributed by atoms with Crippen LogP contribution in [0.3, 0.4) is 0 Å². The summed E-state index contributed by atoms with van der Waals surface area (Å²) < 4.78 is 0. The Balaban J connectivity index is 2.78. The molecule has 98 valence electrons. The summed E-state index contributed by atoms with van der Waals surface area (Å²) >= 11 is 0. The summed E-state index contributed by atoms with van der Waals surface area (Å²) in [6.07, 6.45) is 0.700. The number of rotatable bonds is 5. The number of amides is 1. The molecule has 1 unspecified atom stereocenters. The van der Waals surface area contributed by atoms with E-state index >= 15 is 0 Å². The molecule has 0 saturated heterocycles. The summed E-state index contributed by atoms with van der Waals surface area (Å²) in [7, 11) is 0. The zero-order valence-corrected chi connectivity index (χ0v) is 10.9. The third-order valence-electron chi connectivity index (χ3n) is 3.08. The van der Waals surface area contributed by atoms with Gasteiger partial charge in [-0.1, -0.05) is 38.0 Å². The molecule has 0 aliphatic carbocycles. The second-order valence-corrected chi connectivity index (χ2v) is 4.54. The van der Waals surface area contributed by atoms with Crippen LogP contribution in [0.5, 0.6) is 0 Å². The van der Waals surface area contributed by atoms with Crippen LogP contribution in [0.15, 0.2) is 24.3 Å². The number of carbonyl (C=O) groups excluding carboxylic acids is 1. The van der Waals surface area contributed by atoms with E-state index < -0.39 is 12.0 Å². The molecule has 0 radical (unpaired) electrons.